The summed E-state index contributed by atoms with van der Waals surface area (Å²) in [5.74, 6) is 0. The van der Waals surface area contributed by atoms with E-state index in [4.69, 9.17) is 0 Å². The van der Waals surface area contributed by atoms with Crippen molar-refractivity contribution in [3.05, 3.63) is 99.1 Å². The lowest BCUT2D eigenvalue weighted by Gasteiger charge is -2.21. The molecule has 31 heavy (non-hydrogen) atoms. The predicted molar refractivity (Wildman–Crippen MR) is 132 cm³/mol. The fraction of sp³-hybridized carbons (Fsp3) is 0.231. The summed E-state index contributed by atoms with van der Waals surface area (Å²) in [7, 11) is -4.13. The summed E-state index contributed by atoms with van der Waals surface area (Å²) in [6, 6.07) is 16.0. The number of carbonyl (C=O) groups is 2. The van der Waals surface area contributed by atoms with Crippen molar-refractivity contribution in [3.8, 4) is 0 Å². The van der Waals surface area contributed by atoms with E-state index in [1.165, 1.54) is 0 Å². The molecule has 5 heteroatoms. The van der Waals surface area contributed by atoms with Gasteiger partial charge >= 0.3 is 0 Å². The molecule has 160 valence electrons. The number of rotatable bonds is 6. The molecule has 1 unspecified atom stereocenters. The Bertz CT molecular complexity index is 1180. The Morgan fingerprint density at radius 3 is 1.58 bits per heavy atom. The zero-order valence-corrected chi connectivity index (χ0v) is 20.9. The van der Waals surface area contributed by atoms with E-state index in [0.717, 1.165) is 33.4 Å². The van der Waals surface area contributed by atoms with E-state index in [2.05, 4.69) is 15.9 Å². The molecular formula is C26H26BrO3P. The highest BCUT2D eigenvalue weighted by molar-refractivity contribution is 9.08. The average Bonchev–Trinajstić information content (AvgIpc) is 2.72. The maximum Gasteiger partial charge on any atom is 0.248 e. The third kappa shape index (κ3) is 4.24. The van der Waals surface area contributed by atoms with Gasteiger partial charge in [-0.05, 0) is 62.4 Å². The van der Waals surface area contributed by atoms with Gasteiger partial charge < -0.3 is 4.57 Å². The highest BCUT2D eigenvalue weighted by Crippen LogP contribution is 2.52. The molecule has 1 atom stereocenters. The Hall–Kier alpha value is -2.29. The summed E-state index contributed by atoms with van der Waals surface area (Å²) < 4.78 is 14.6. The molecule has 0 fully saturated rings. The van der Waals surface area contributed by atoms with Crippen LogP contribution in [0.1, 0.15) is 54.1 Å². The molecule has 0 N–H and O–H groups in total. The van der Waals surface area contributed by atoms with Crippen molar-refractivity contribution in [1.29, 1.82) is 0 Å². The standard InChI is InChI=1S/C26H26BrO3P/c1-16-11-17(2)23(18(3)12-16)25(28)31(30,22-9-7-6-8-10-22)26(29)24-19(4)13-21(15-27)14-20(24)5/h6-14H,15H2,1-5H3. The van der Waals surface area contributed by atoms with Crippen molar-refractivity contribution in [2.75, 3.05) is 0 Å². The van der Waals surface area contributed by atoms with E-state index < -0.39 is 18.2 Å². The van der Waals surface area contributed by atoms with Crippen molar-refractivity contribution in [3.63, 3.8) is 0 Å². The normalized spacial score (nSPS) is 13.0. The van der Waals surface area contributed by atoms with Gasteiger partial charge in [-0.3, -0.25) is 9.59 Å². The van der Waals surface area contributed by atoms with Crippen molar-refractivity contribution in [2.45, 2.75) is 39.9 Å². The van der Waals surface area contributed by atoms with Gasteiger partial charge in [0.1, 0.15) is 0 Å². The van der Waals surface area contributed by atoms with Crippen molar-refractivity contribution in [1.82, 2.24) is 0 Å². The van der Waals surface area contributed by atoms with Crippen LogP contribution < -0.4 is 5.30 Å². The van der Waals surface area contributed by atoms with Crippen LogP contribution in [-0.4, -0.2) is 11.0 Å². The molecule has 0 aliphatic carbocycles. The Morgan fingerprint density at radius 1 is 0.742 bits per heavy atom. The monoisotopic (exact) mass is 496 g/mol. The molecule has 0 saturated carbocycles. The number of hydrogen-bond acceptors (Lipinski definition) is 3. The number of benzene rings is 3. The Morgan fingerprint density at radius 2 is 1.16 bits per heavy atom. The van der Waals surface area contributed by atoms with E-state index in [0.29, 0.717) is 16.5 Å². The van der Waals surface area contributed by atoms with Crippen LogP contribution in [0, 0.1) is 34.6 Å². The second-order valence-corrected chi connectivity index (χ2v) is 11.2. The second kappa shape index (κ2) is 9.06. The summed E-state index contributed by atoms with van der Waals surface area (Å²) >= 11 is 3.45. The van der Waals surface area contributed by atoms with Gasteiger partial charge in [0, 0.05) is 21.8 Å². The fourth-order valence-electron chi connectivity index (χ4n) is 4.26. The average molecular weight is 497 g/mol. The van der Waals surface area contributed by atoms with Gasteiger partial charge in [0.2, 0.25) is 18.2 Å². The van der Waals surface area contributed by atoms with Crippen molar-refractivity contribution < 1.29 is 14.2 Å². The molecule has 0 amide bonds. The number of aryl methyl sites for hydroxylation is 5. The lowest BCUT2D eigenvalue weighted by molar-refractivity contribution is 0.104. The molecule has 0 aromatic heterocycles. The first-order valence-electron chi connectivity index (χ1n) is 10.1. The van der Waals surface area contributed by atoms with Gasteiger partial charge in [0.05, 0.1) is 0 Å². The van der Waals surface area contributed by atoms with E-state index >= 15 is 0 Å². The van der Waals surface area contributed by atoms with Crippen LogP contribution in [0.3, 0.4) is 0 Å². The van der Waals surface area contributed by atoms with Gasteiger partial charge in [-0.25, -0.2) is 0 Å². The third-order valence-corrected chi connectivity index (χ3v) is 8.81. The molecule has 0 bridgehead atoms. The first kappa shape index (κ1) is 23.4. The highest BCUT2D eigenvalue weighted by atomic mass is 79.9. The molecule has 0 radical (unpaired) electrons. The van der Waals surface area contributed by atoms with Gasteiger partial charge in [0.25, 0.3) is 0 Å². The smallest absolute Gasteiger partial charge is 0.248 e. The zero-order chi connectivity index (χ0) is 22.9. The maximum absolute atomic E-state index is 14.6. The first-order chi connectivity index (χ1) is 14.6. The van der Waals surface area contributed by atoms with Gasteiger partial charge in [0.15, 0.2) is 0 Å². The maximum atomic E-state index is 14.6. The second-order valence-electron chi connectivity index (χ2n) is 8.07. The fourth-order valence-corrected chi connectivity index (χ4v) is 7.17. The first-order valence-corrected chi connectivity index (χ1v) is 12.9. The van der Waals surface area contributed by atoms with Gasteiger partial charge in [-0.2, -0.15) is 0 Å². The molecule has 0 aliphatic rings. The summed E-state index contributed by atoms with van der Waals surface area (Å²) in [5, 5.41) is 0.924. The SMILES string of the molecule is Cc1cc(C)c(C(=O)P(=O)(C(=O)c2c(C)cc(CBr)cc2C)c2ccccc2)c(C)c1. The van der Waals surface area contributed by atoms with Crippen LogP contribution in [0.2, 0.25) is 0 Å². The lowest BCUT2D eigenvalue weighted by Crippen LogP contribution is -2.23. The quantitative estimate of drug-likeness (QED) is 0.278. The topological polar surface area (TPSA) is 51.2 Å². The van der Waals surface area contributed by atoms with Crippen LogP contribution in [0.15, 0.2) is 54.6 Å². The highest BCUT2D eigenvalue weighted by Gasteiger charge is 2.44. The van der Waals surface area contributed by atoms with Crippen LogP contribution >= 0.6 is 23.1 Å². The molecule has 3 aromatic rings. The largest absolute Gasteiger partial charge is 0.302 e. The minimum atomic E-state index is -4.13. The summed E-state index contributed by atoms with van der Waals surface area (Å²) in [6.07, 6.45) is 0. The van der Waals surface area contributed by atoms with Gasteiger partial charge in [-0.15, -0.1) is 0 Å². The molecule has 0 saturated heterocycles. The Balaban J connectivity index is 2.30. The van der Waals surface area contributed by atoms with E-state index in [-0.39, 0.29) is 5.30 Å². The molecule has 3 aromatic carbocycles. The number of alkyl halides is 1. The Kier molecular flexibility index (Phi) is 6.83. The molecule has 0 heterocycles. The minimum Gasteiger partial charge on any atom is -0.302 e. The Labute approximate surface area is 192 Å². The summed E-state index contributed by atoms with van der Waals surface area (Å²) in [6.45, 7) is 9.26. The molecule has 3 nitrogen and oxygen atoms in total. The number of halogens is 1. The van der Waals surface area contributed by atoms with Crippen molar-refractivity contribution >= 4 is 39.4 Å². The van der Waals surface area contributed by atoms with E-state index in [1.54, 1.807) is 30.3 Å². The van der Waals surface area contributed by atoms with Crippen LogP contribution in [0.4, 0.5) is 0 Å². The molecular weight excluding hydrogens is 471 g/mol. The number of hydrogen-bond donors (Lipinski definition) is 0. The number of carbonyl (C=O) groups excluding carboxylic acids is 2. The predicted octanol–water partition coefficient (Wildman–Crippen LogP) is 6.79. The van der Waals surface area contributed by atoms with Crippen LogP contribution in [-0.2, 0) is 9.90 Å². The third-order valence-electron chi connectivity index (χ3n) is 5.54. The van der Waals surface area contributed by atoms with Gasteiger partial charge in [-0.1, -0.05) is 76.1 Å². The molecule has 0 aliphatic heterocycles. The molecule has 3 rings (SSSR count). The summed E-state index contributed by atoms with van der Waals surface area (Å²) in [4.78, 5) is 27.8. The van der Waals surface area contributed by atoms with E-state index in [9.17, 15) is 14.2 Å². The lowest BCUT2D eigenvalue weighted by atomic mass is 10.0. The zero-order valence-electron chi connectivity index (χ0n) is 18.5. The van der Waals surface area contributed by atoms with Crippen LogP contribution in [0.5, 0.6) is 0 Å². The van der Waals surface area contributed by atoms with Crippen molar-refractivity contribution in [2.24, 2.45) is 0 Å². The minimum absolute atomic E-state index is 0.271. The summed E-state index contributed by atoms with van der Waals surface area (Å²) in [5.41, 5.74) is 4.50. The van der Waals surface area contributed by atoms with Crippen LogP contribution in [0.25, 0.3) is 0 Å². The molecule has 0 spiro atoms. The van der Waals surface area contributed by atoms with E-state index in [1.807, 2.05) is 58.9 Å².